The van der Waals surface area contributed by atoms with Crippen LogP contribution in [0.15, 0.2) is 52.6 Å². The number of fused-ring (bicyclic) bond motifs is 4. The van der Waals surface area contributed by atoms with Crippen molar-refractivity contribution in [3.05, 3.63) is 76.2 Å². The number of para-hydroxylation sites is 1. The molecular formula is C33H39N3O5. The number of likely N-dealkylation sites (tertiary alicyclic amines) is 1. The second-order valence-electron chi connectivity index (χ2n) is 11.6. The average Bonchev–Trinajstić information content (AvgIpc) is 3.40. The molecule has 6 rings (SSSR count). The van der Waals surface area contributed by atoms with Crippen molar-refractivity contribution >= 4 is 22.9 Å². The summed E-state index contributed by atoms with van der Waals surface area (Å²) < 4.78 is 17.2. The third kappa shape index (κ3) is 4.40. The maximum absolute atomic E-state index is 14.0. The molecule has 4 heterocycles. The summed E-state index contributed by atoms with van der Waals surface area (Å²) in [6.07, 6.45) is 4.49. The molecule has 0 bridgehead atoms. The lowest BCUT2D eigenvalue weighted by Crippen LogP contribution is -2.54. The second kappa shape index (κ2) is 10.6. The SMILES string of the molecule is CCN1C(=O)N2Cc3cc(COC)cc(OC)c3C[C@@H](C)/C=C\2C12CCN(C(=O)c1oc3ccccc3c1C)CC2. The molecule has 41 heavy (non-hydrogen) atoms. The van der Waals surface area contributed by atoms with Crippen molar-refractivity contribution in [2.24, 2.45) is 5.92 Å². The fourth-order valence-electron chi connectivity index (χ4n) is 7.18. The highest BCUT2D eigenvalue weighted by Gasteiger charge is 2.55. The summed E-state index contributed by atoms with van der Waals surface area (Å²) in [5, 5.41) is 0.970. The van der Waals surface area contributed by atoms with Gasteiger partial charge in [-0.1, -0.05) is 37.3 Å². The molecule has 0 radical (unpaired) electrons. The van der Waals surface area contributed by atoms with Crippen LogP contribution in [0.4, 0.5) is 4.79 Å². The summed E-state index contributed by atoms with van der Waals surface area (Å²) in [6.45, 7) is 8.89. The molecule has 216 valence electrons. The molecule has 0 unspecified atom stereocenters. The van der Waals surface area contributed by atoms with Crippen LogP contribution in [0.1, 0.15) is 59.5 Å². The Balaban J connectivity index is 1.31. The van der Waals surface area contributed by atoms with Gasteiger partial charge in [0.1, 0.15) is 11.3 Å². The molecule has 1 spiro atoms. The maximum atomic E-state index is 14.0. The van der Waals surface area contributed by atoms with Crippen molar-refractivity contribution in [2.45, 2.75) is 58.7 Å². The van der Waals surface area contributed by atoms with Crippen LogP contribution in [0.3, 0.4) is 0 Å². The molecule has 2 saturated heterocycles. The third-order valence-corrected chi connectivity index (χ3v) is 9.17. The van der Waals surface area contributed by atoms with Crippen molar-refractivity contribution in [3.8, 4) is 5.75 Å². The third-order valence-electron chi connectivity index (χ3n) is 9.17. The molecule has 8 heteroatoms. The Morgan fingerprint density at radius 2 is 1.90 bits per heavy atom. The molecule has 3 aliphatic heterocycles. The van der Waals surface area contributed by atoms with E-state index in [4.69, 9.17) is 13.9 Å². The summed E-state index contributed by atoms with van der Waals surface area (Å²) in [7, 11) is 3.39. The highest BCUT2D eigenvalue weighted by Crippen LogP contribution is 2.47. The number of rotatable bonds is 5. The zero-order valence-corrected chi connectivity index (χ0v) is 24.7. The van der Waals surface area contributed by atoms with Gasteiger partial charge >= 0.3 is 6.03 Å². The lowest BCUT2D eigenvalue weighted by Gasteiger charge is -2.44. The summed E-state index contributed by atoms with van der Waals surface area (Å²) in [5.41, 5.74) is 5.52. The number of hydrogen-bond donors (Lipinski definition) is 0. The largest absolute Gasteiger partial charge is 0.496 e. The van der Waals surface area contributed by atoms with Gasteiger partial charge in [-0.2, -0.15) is 0 Å². The van der Waals surface area contributed by atoms with E-state index in [1.807, 2.05) is 58.9 Å². The van der Waals surface area contributed by atoms with E-state index in [0.717, 1.165) is 51.1 Å². The summed E-state index contributed by atoms with van der Waals surface area (Å²) in [6, 6.07) is 12.0. The molecule has 0 aliphatic carbocycles. The van der Waals surface area contributed by atoms with Gasteiger partial charge in [-0.3, -0.25) is 9.69 Å². The number of hydrogen-bond acceptors (Lipinski definition) is 5. The van der Waals surface area contributed by atoms with Crippen LogP contribution < -0.4 is 4.74 Å². The minimum atomic E-state index is -0.439. The van der Waals surface area contributed by atoms with Crippen molar-refractivity contribution in [1.29, 1.82) is 0 Å². The Labute approximate surface area is 241 Å². The Kier molecular flexibility index (Phi) is 7.06. The van der Waals surface area contributed by atoms with E-state index in [2.05, 4.69) is 19.1 Å². The van der Waals surface area contributed by atoms with Crippen LogP contribution >= 0.6 is 0 Å². The maximum Gasteiger partial charge on any atom is 0.325 e. The topological polar surface area (TPSA) is 75.5 Å². The molecule has 3 aliphatic rings. The van der Waals surface area contributed by atoms with E-state index in [0.29, 0.717) is 51.4 Å². The number of methoxy groups -OCH3 is 2. The van der Waals surface area contributed by atoms with Gasteiger partial charge in [0.05, 0.1) is 25.8 Å². The molecule has 8 nitrogen and oxygen atoms in total. The van der Waals surface area contributed by atoms with Crippen molar-refractivity contribution in [2.75, 3.05) is 33.9 Å². The fraction of sp³-hybridized carbons (Fsp3) is 0.455. The number of carbonyl (C=O) groups excluding carboxylic acids is 2. The predicted octanol–water partition coefficient (Wildman–Crippen LogP) is 5.90. The number of allylic oxidation sites excluding steroid dienone is 1. The number of likely N-dealkylation sites (N-methyl/N-ethyl adjacent to an activating group) is 1. The van der Waals surface area contributed by atoms with Gasteiger partial charge in [-0.15, -0.1) is 0 Å². The quantitative estimate of drug-likeness (QED) is 0.390. The molecular weight excluding hydrogens is 518 g/mol. The van der Waals surface area contributed by atoms with E-state index in [1.54, 1.807) is 14.2 Å². The first kappa shape index (κ1) is 27.4. The van der Waals surface area contributed by atoms with Crippen molar-refractivity contribution in [1.82, 2.24) is 14.7 Å². The molecule has 1 atom stereocenters. The monoisotopic (exact) mass is 557 g/mol. The van der Waals surface area contributed by atoms with Gasteiger partial charge < -0.3 is 23.7 Å². The smallest absolute Gasteiger partial charge is 0.325 e. The van der Waals surface area contributed by atoms with Crippen LogP contribution in [0, 0.1) is 12.8 Å². The number of ether oxygens (including phenoxy) is 2. The Morgan fingerprint density at radius 1 is 1.15 bits per heavy atom. The normalized spacial score (nSPS) is 21.4. The predicted molar refractivity (Wildman–Crippen MR) is 157 cm³/mol. The fourth-order valence-corrected chi connectivity index (χ4v) is 7.18. The number of urea groups is 1. The summed E-state index contributed by atoms with van der Waals surface area (Å²) in [5.74, 6) is 1.38. The standard InChI is InChI=1S/C33H39N3O5/c1-6-36-32(38)35-19-24-17-23(20-39-4)18-28(40-5)26(24)15-21(2)16-29(35)33(36)11-13-34(14-12-33)31(37)30-22(3)25-9-7-8-10-27(25)41-30/h7-10,16-18,21H,6,11-15,19-20H2,1-5H3/b29-16-/t21-/m1/s1. The first-order valence-electron chi connectivity index (χ1n) is 14.6. The first-order chi connectivity index (χ1) is 19.8. The Bertz CT molecular complexity index is 1530. The van der Waals surface area contributed by atoms with Gasteiger partial charge in [0.25, 0.3) is 5.91 Å². The molecule has 3 amide bonds. The average molecular weight is 558 g/mol. The molecule has 2 fully saturated rings. The number of piperidine rings is 1. The molecule has 2 aromatic carbocycles. The van der Waals surface area contributed by atoms with Crippen LogP contribution in [0.2, 0.25) is 0 Å². The van der Waals surface area contributed by atoms with E-state index in [9.17, 15) is 9.59 Å². The Morgan fingerprint density at radius 3 is 2.59 bits per heavy atom. The highest BCUT2D eigenvalue weighted by atomic mass is 16.5. The molecule has 0 N–H and O–H groups in total. The molecule has 3 aromatic rings. The highest BCUT2D eigenvalue weighted by molar-refractivity contribution is 5.99. The van der Waals surface area contributed by atoms with Gasteiger partial charge in [-0.25, -0.2) is 4.79 Å². The van der Waals surface area contributed by atoms with E-state index in [-0.39, 0.29) is 17.9 Å². The number of furan rings is 1. The van der Waals surface area contributed by atoms with Crippen LogP contribution in [0.5, 0.6) is 5.75 Å². The lowest BCUT2D eigenvalue weighted by molar-refractivity contribution is 0.0548. The molecule has 1 aromatic heterocycles. The van der Waals surface area contributed by atoms with Crippen LogP contribution in [-0.2, 0) is 24.3 Å². The van der Waals surface area contributed by atoms with Crippen LogP contribution in [0.25, 0.3) is 11.0 Å². The Hall–Kier alpha value is -3.78. The van der Waals surface area contributed by atoms with Gasteiger partial charge in [0.2, 0.25) is 0 Å². The second-order valence-corrected chi connectivity index (χ2v) is 11.6. The summed E-state index contributed by atoms with van der Waals surface area (Å²) >= 11 is 0. The lowest BCUT2D eigenvalue weighted by atomic mass is 9.80. The van der Waals surface area contributed by atoms with E-state index < -0.39 is 5.54 Å². The van der Waals surface area contributed by atoms with E-state index >= 15 is 0 Å². The number of benzene rings is 2. The van der Waals surface area contributed by atoms with Crippen molar-refractivity contribution < 1.29 is 23.5 Å². The summed E-state index contributed by atoms with van der Waals surface area (Å²) in [4.78, 5) is 33.5. The minimum Gasteiger partial charge on any atom is -0.496 e. The van der Waals surface area contributed by atoms with Crippen molar-refractivity contribution in [3.63, 3.8) is 0 Å². The zero-order chi connectivity index (χ0) is 28.9. The van der Waals surface area contributed by atoms with Crippen LogP contribution in [-0.4, -0.2) is 66.0 Å². The number of nitrogens with zero attached hydrogens (tertiary/aromatic N) is 3. The van der Waals surface area contributed by atoms with Gasteiger partial charge in [0, 0.05) is 43.4 Å². The number of aryl methyl sites for hydroxylation is 1. The molecule has 0 saturated carbocycles. The number of amides is 3. The number of carbonyl (C=O) groups is 2. The first-order valence-corrected chi connectivity index (χ1v) is 14.6. The van der Waals surface area contributed by atoms with E-state index in [1.165, 1.54) is 0 Å². The zero-order valence-electron chi connectivity index (χ0n) is 24.7. The van der Waals surface area contributed by atoms with Gasteiger partial charge in [-0.05, 0) is 67.9 Å². The minimum absolute atomic E-state index is 0.0304. The van der Waals surface area contributed by atoms with Gasteiger partial charge in [0.15, 0.2) is 5.76 Å².